The Morgan fingerprint density at radius 1 is 1.38 bits per heavy atom. The first-order valence-electron chi connectivity index (χ1n) is 7.07. The summed E-state index contributed by atoms with van der Waals surface area (Å²) >= 11 is 6.23. The smallest absolute Gasteiger partial charge is 0.132 e. The predicted octanol–water partition coefficient (Wildman–Crippen LogP) is 2.67. The van der Waals surface area contributed by atoms with Crippen molar-refractivity contribution in [2.75, 3.05) is 24.7 Å². The SMILES string of the molecule is Cc1nn(C)cc1-c1cc(Cl)nc(N2CCOC[C@H]2C)c1. The third kappa shape index (κ3) is 2.89. The number of anilines is 1. The van der Waals surface area contributed by atoms with Gasteiger partial charge < -0.3 is 9.64 Å². The molecule has 0 unspecified atom stereocenters. The van der Waals surface area contributed by atoms with Crippen LogP contribution in [0.4, 0.5) is 5.82 Å². The fourth-order valence-corrected chi connectivity index (χ4v) is 2.94. The minimum atomic E-state index is 0.299. The lowest BCUT2D eigenvalue weighted by molar-refractivity contribution is 0.0985. The van der Waals surface area contributed by atoms with E-state index in [2.05, 4.69) is 28.0 Å². The highest BCUT2D eigenvalue weighted by Gasteiger charge is 2.21. The van der Waals surface area contributed by atoms with Crippen LogP contribution in [0.5, 0.6) is 0 Å². The molecular formula is C15H19ClN4O. The first-order valence-corrected chi connectivity index (χ1v) is 7.45. The van der Waals surface area contributed by atoms with E-state index in [1.54, 1.807) is 0 Å². The Morgan fingerprint density at radius 3 is 2.86 bits per heavy atom. The van der Waals surface area contributed by atoms with Gasteiger partial charge in [-0.2, -0.15) is 5.10 Å². The molecule has 112 valence electrons. The highest BCUT2D eigenvalue weighted by molar-refractivity contribution is 6.29. The zero-order chi connectivity index (χ0) is 15.0. The second-order valence-corrected chi connectivity index (χ2v) is 5.84. The lowest BCUT2D eigenvalue weighted by atomic mass is 10.1. The van der Waals surface area contributed by atoms with E-state index in [9.17, 15) is 0 Å². The molecule has 0 saturated carbocycles. The van der Waals surface area contributed by atoms with Crippen LogP contribution < -0.4 is 4.90 Å². The van der Waals surface area contributed by atoms with Crippen molar-refractivity contribution in [3.63, 3.8) is 0 Å². The highest BCUT2D eigenvalue weighted by Crippen LogP contribution is 2.29. The Bertz CT molecular complexity index is 655. The van der Waals surface area contributed by atoms with E-state index in [1.165, 1.54) is 0 Å². The van der Waals surface area contributed by atoms with Crippen LogP contribution in [0.3, 0.4) is 0 Å². The number of rotatable bonds is 2. The molecule has 2 aromatic heterocycles. The molecule has 6 heteroatoms. The van der Waals surface area contributed by atoms with Crippen LogP contribution in [0, 0.1) is 6.92 Å². The van der Waals surface area contributed by atoms with E-state index in [0.29, 0.717) is 11.2 Å². The number of halogens is 1. The molecule has 2 aromatic rings. The van der Waals surface area contributed by atoms with Gasteiger partial charge in [0.25, 0.3) is 0 Å². The Hall–Kier alpha value is -1.59. The Kier molecular flexibility index (Phi) is 3.87. The first kappa shape index (κ1) is 14.4. The fraction of sp³-hybridized carbons (Fsp3) is 0.467. The maximum absolute atomic E-state index is 6.23. The second-order valence-electron chi connectivity index (χ2n) is 5.46. The van der Waals surface area contributed by atoms with Crippen LogP contribution in [0.15, 0.2) is 18.3 Å². The molecule has 0 aliphatic carbocycles. The molecule has 3 rings (SSSR count). The molecule has 1 aliphatic rings. The topological polar surface area (TPSA) is 43.2 Å². The standard InChI is InChI=1S/C15H19ClN4O/c1-10-9-21-5-4-20(10)15-7-12(6-14(16)17-15)13-8-19(3)18-11(13)2/h6-8,10H,4-5,9H2,1-3H3/t10-/m1/s1. The molecule has 0 aromatic carbocycles. The summed E-state index contributed by atoms with van der Waals surface area (Å²) in [5, 5.41) is 4.90. The molecule has 0 amide bonds. The van der Waals surface area contributed by atoms with Gasteiger partial charge in [-0.3, -0.25) is 4.68 Å². The zero-order valence-electron chi connectivity index (χ0n) is 12.5. The summed E-state index contributed by atoms with van der Waals surface area (Å²) in [6.45, 7) is 6.41. The molecule has 3 heterocycles. The molecule has 1 fully saturated rings. The van der Waals surface area contributed by atoms with Crippen LogP contribution in [0.2, 0.25) is 5.15 Å². The fourth-order valence-electron chi connectivity index (χ4n) is 2.74. The van der Waals surface area contributed by atoms with Gasteiger partial charge in [0.1, 0.15) is 11.0 Å². The van der Waals surface area contributed by atoms with E-state index < -0.39 is 0 Å². The van der Waals surface area contributed by atoms with E-state index >= 15 is 0 Å². The number of nitrogens with zero attached hydrogens (tertiary/aromatic N) is 4. The van der Waals surface area contributed by atoms with Crippen molar-refractivity contribution in [1.29, 1.82) is 0 Å². The van der Waals surface area contributed by atoms with Crippen LogP contribution >= 0.6 is 11.6 Å². The lowest BCUT2D eigenvalue weighted by Gasteiger charge is -2.34. The van der Waals surface area contributed by atoms with Crippen molar-refractivity contribution in [3.05, 3.63) is 29.2 Å². The number of aromatic nitrogens is 3. The van der Waals surface area contributed by atoms with Crippen molar-refractivity contribution in [2.24, 2.45) is 7.05 Å². The van der Waals surface area contributed by atoms with Gasteiger partial charge in [0.05, 0.1) is 24.9 Å². The average molecular weight is 307 g/mol. The Morgan fingerprint density at radius 2 is 2.19 bits per heavy atom. The predicted molar refractivity (Wildman–Crippen MR) is 83.8 cm³/mol. The molecule has 1 aliphatic heterocycles. The highest BCUT2D eigenvalue weighted by atomic mass is 35.5. The number of morpholine rings is 1. The van der Waals surface area contributed by atoms with Crippen LogP contribution in [-0.2, 0) is 11.8 Å². The lowest BCUT2D eigenvalue weighted by Crippen LogP contribution is -2.44. The number of hydrogen-bond acceptors (Lipinski definition) is 4. The van der Waals surface area contributed by atoms with Gasteiger partial charge in [0, 0.05) is 25.4 Å². The van der Waals surface area contributed by atoms with Gasteiger partial charge in [-0.1, -0.05) is 11.6 Å². The minimum Gasteiger partial charge on any atom is -0.377 e. The van der Waals surface area contributed by atoms with Gasteiger partial charge >= 0.3 is 0 Å². The summed E-state index contributed by atoms with van der Waals surface area (Å²) in [6, 6.07) is 4.27. The Balaban J connectivity index is 2.02. The van der Waals surface area contributed by atoms with Gasteiger partial charge in [-0.15, -0.1) is 0 Å². The van der Waals surface area contributed by atoms with Crippen molar-refractivity contribution in [3.8, 4) is 11.1 Å². The maximum atomic E-state index is 6.23. The third-order valence-electron chi connectivity index (χ3n) is 3.77. The van der Waals surface area contributed by atoms with Gasteiger partial charge in [0.2, 0.25) is 0 Å². The minimum absolute atomic E-state index is 0.299. The number of aryl methyl sites for hydroxylation is 2. The van der Waals surface area contributed by atoms with E-state index in [0.717, 1.165) is 42.4 Å². The second kappa shape index (κ2) is 5.66. The van der Waals surface area contributed by atoms with Crippen LogP contribution in [0.25, 0.3) is 11.1 Å². The number of ether oxygens (including phenoxy) is 1. The molecule has 1 saturated heterocycles. The summed E-state index contributed by atoms with van der Waals surface area (Å²) in [7, 11) is 1.92. The molecule has 1 atom stereocenters. The zero-order valence-corrected chi connectivity index (χ0v) is 13.3. The van der Waals surface area contributed by atoms with Crippen molar-refractivity contribution in [1.82, 2.24) is 14.8 Å². The average Bonchev–Trinajstić information content (AvgIpc) is 2.77. The number of hydrogen-bond donors (Lipinski definition) is 0. The maximum Gasteiger partial charge on any atom is 0.132 e. The molecule has 0 N–H and O–H groups in total. The summed E-state index contributed by atoms with van der Waals surface area (Å²) < 4.78 is 7.30. The summed E-state index contributed by atoms with van der Waals surface area (Å²) in [6.07, 6.45) is 2.01. The van der Waals surface area contributed by atoms with Crippen molar-refractivity contribution < 1.29 is 4.74 Å². The third-order valence-corrected chi connectivity index (χ3v) is 3.96. The first-order chi connectivity index (χ1) is 10.0. The van der Waals surface area contributed by atoms with Crippen LogP contribution in [0.1, 0.15) is 12.6 Å². The van der Waals surface area contributed by atoms with Gasteiger partial charge in [-0.25, -0.2) is 4.98 Å². The molecule has 0 radical (unpaired) electrons. The molecule has 5 nitrogen and oxygen atoms in total. The normalized spacial score (nSPS) is 19.0. The Labute approximate surface area is 129 Å². The van der Waals surface area contributed by atoms with Crippen LogP contribution in [-0.4, -0.2) is 40.6 Å². The largest absolute Gasteiger partial charge is 0.377 e. The monoisotopic (exact) mass is 306 g/mol. The van der Waals surface area contributed by atoms with Crippen molar-refractivity contribution in [2.45, 2.75) is 19.9 Å². The molecular weight excluding hydrogens is 288 g/mol. The van der Waals surface area contributed by atoms with E-state index in [-0.39, 0.29) is 0 Å². The quantitative estimate of drug-likeness (QED) is 0.800. The summed E-state index contributed by atoms with van der Waals surface area (Å²) in [5.74, 6) is 0.900. The summed E-state index contributed by atoms with van der Waals surface area (Å²) in [5.41, 5.74) is 3.12. The summed E-state index contributed by atoms with van der Waals surface area (Å²) in [4.78, 5) is 6.72. The van der Waals surface area contributed by atoms with E-state index in [1.807, 2.05) is 30.9 Å². The van der Waals surface area contributed by atoms with Gasteiger partial charge in [0.15, 0.2) is 0 Å². The van der Waals surface area contributed by atoms with Crippen molar-refractivity contribution >= 4 is 17.4 Å². The molecule has 0 spiro atoms. The van der Waals surface area contributed by atoms with Gasteiger partial charge in [-0.05, 0) is 31.5 Å². The number of pyridine rings is 1. The van der Waals surface area contributed by atoms with E-state index in [4.69, 9.17) is 16.3 Å². The molecule has 0 bridgehead atoms. The molecule has 21 heavy (non-hydrogen) atoms.